The van der Waals surface area contributed by atoms with E-state index in [1.54, 1.807) is 11.8 Å². The lowest BCUT2D eigenvalue weighted by Crippen LogP contribution is -2.12. The maximum Gasteiger partial charge on any atom is 0.182 e. The van der Waals surface area contributed by atoms with E-state index in [9.17, 15) is 0 Å². The van der Waals surface area contributed by atoms with Crippen LogP contribution in [0.4, 0.5) is 0 Å². The Bertz CT molecular complexity index is 508. The summed E-state index contributed by atoms with van der Waals surface area (Å²) in [6.45, 7) is 3.10. The minimum absolute atomic E-state index is 0.507. The summed E-state index contributed by atoms with van der Waals surface area (Å²) < 4.78 is 6.91. The van der Waals surface area contributed by atoms with Crippen LogP contribution < -0.4 is 10.5 Å². The average Bonchev–Trinajstić information content (AvgIpc) is 2.78. The Kier molecular flexibility index (Phi) is 3.34. The molecule has 0 saturated carbocycles. The van der Waals surface area contributed by atoms with Crippen molar-refractivity contribution < 1.29 is 4.74 Å². The molecule has 0 aliphatic heterocycles. The Balaban J connectivity index is 2.39. The van der Waals surface area contributed by atoms with Crippen LogP contribution in [0.15, 0.2) is 18.2 Å². The molecule has 2 aromatic rings. The number of methoxy groups -OCH3 is 1. The summed E-state index contributed by atoms with van der Waals surface area (Å²) in [4.78, 5) is 0. The number of hydrogen-bond donors (Lipinski definition) is 1. The number of hydrogen-bond acceptors (Lipinski definition) is 5. The van der Waals surface area contributed by atoms with E-state index in [2.05, 4.69) is 15.5 Å². The summed E-state index contributed by atoms with van der Waals surface area (Å²) in [7, 11) is 1.65. The maximum atomic E-state index is 5.51. The second kappa shape index (κ2) is 4.92. The predicted octanol–water partition coefficient (Wildman–Crippen LogP) is 0.616. The maximum absolute atomic E-state index is 5.51. The first-order chi connectivity index (χ1) is 8.26. The lowest BCUT2D eigenvalue weighted by molar-refractivity contribution is 0.412. The smallest absolute Gasteiger partial charge is 0.182 e. The fraction of sp³-hybridized carbons (Fsp3) is 0.364. The highest BCUT2D eigenvalue weighted by Crippen LogP contribution is 2.24. The van der Waals surface area contributed by atoms with Crippen molar-refractivity contribution in [1.82, 2.24) is 20.2 Å². The lowest BCUT2D eigenvalue weighted by Gasteiger charge is -2.07. The quantitative estimate of drug-likeness (QED) is 0.837. The van der Waals surface area contributed by atoms with E-state index in [4.69, 9.17) is 10.5 Å². The third kappa shape index (κ3) is 2.26. The fourth-order valence-corrected chi connectivity index (χ4v) is 1.70. The molecule has 2 rings (SSSR count). The van der Waals surface area contributed by atoms with Crippen molar-refractivity contribution in [3.8, 4) is 17.1 Å². The third-order valence-electron chi connectivity index (χ3n) is 2.53. The zero-order chi connectivity index (χ0) is 12.3. The summed E-state index contributed by atoms with van der Waals surface area (Å²) in [5, 5.41) is 11.6. The van der Waals surface area contributed by atoms with Crippen LogP contribution in [0.25, 0.3) is 11.4 Å². The highest BCUT2D eigenvalue weighted by atomic mass is 16.5. The normalized spacial score (nSPS) is 10.5. The van der Waals surface area contributed by atoms with E-state index in [0.717, 1.165) is 22.7 Å². The SMILES string of the molecule is COc1ccc(-c2nnnn2CCN)cc1C. The molecule has 1 heterocycles. The molecular formula is C11H15N5O. The number of rotatable bonds is 4. The molecule has 0 fully saturated rings. The van der Waals surface area contributed by atoms with Crippen LogP contribution in [-0.2, 0) is 6.54 Å². The molecule has 90 valence electrons. The Labute approximate surface area is 99.4 Å². The van der Waals surface area contributed by atoms with Gasteiger partial charge in [0.2, 0.25) is 0 Å². The minimum atomic E-state index is 0.507. The molecule has 1 aromatic heterocycles. The molecule has 1 aromatic carbocycles. The molecule has 0 bridgehead atoms. The number of benzene rings is 1. The molecule has 0 unspecified atom stereocenters. The summed E-state index contributed by atoms with van der Waals surface area (Å²) >= 11 is 0. The Morgan fingerprint density at radius 3 is 2.88 bits per heavy atom. The van der Waals surface area contributed by atoms with Crippen LogP contribution in [0.2, 0.25) is 0 Å². The van der Waals surface area contributed by atoms with Gasteiger partial charge in [-0.1, -0.05) is 0 Å². The molecule has 0 spiro atoms. The van der Waals surface area contributed by atoms with Crippen molar-refractivity contribution in [2.24, 2.45) is 5.73 Å². The average molecular weight is 233 g/mol. The van der Waals surface area contributed by atoms with Crippen molar-refractivity contribution >= 4 is 0 Å². The molecule has 2 N–H and O–H groups in total. The molecule has 0 saturated heterocycles. The first-order valence-corrected chi connectivity index (χ1v) is 5.37. The Morgan fingerprint density at radius 1 is 1.41 bits per heavy atom. The van der Waals surface area contributed by atoms with Crippen molar-refractivity contribution in [3.63, 3.8) is 0 Å². The van der Waals surface area contributed by atoms with Crippen LogP contribution in [0.5, 0.6) is 5.75 Å². The largest absolute Gasteiger partial charge is 0.496 e. The summed E-state index contributed by atoms with van der Waals surface area (Å²) in [5.74, 6) is 1.58. The molecule has 0 aliphatic carbocycles. The number of tetrazole rings is 1. The first-order valence-electron chi connectivity index (χ1n) is 5.37. The molecule has 6 heteroatoms. The van der Waals surface area contributed by atoms with Crippen LogP contribution >= 0.6 is 0 Å². The van der Waals surface area contributed by atoms with Gasteiger partial charge in [0.05, 0.1) is 13.7 Å². The van der Waals surface area contributed by atoms with Crippen LogP contribution in [0.3, 0.4) is 0 Å². The molecule has 17 heavy (non-hydrogen) atoms. The number of aromatic nitrogens is 4. The number of aryl methyl sites for hydroxylation is 1. The van der Waals surface area contributed by atoms with Gasteiger partial charge in [-0.3, -0.25) is 0 Å². The summed E-state index contributed by atoms with van der Waals surface area (Å²) in [5.41, 5.74) is 7.51. The van der Waals surface area contributed by atoms with E-state index >= 15 is 0 Å². The van der Waals surface area contributed by atoms with Crippen molar-refractivity contribution in [2.45, 2.75) is 13.5 Å². The van der Waals surface area contributed by atoms with Gasteiger partial charge < -0.3 is 10.5 Å². The second-order valence-corrected chi connectivity index (χ2v) is 3.70. The molecule has 6 nitrogen and oxygen atoms in total. The van der Waals surface area contributed by atoms with Gasteiger partial charge in [-0.05, 0) is 41.1 Å². The Hall–Kier alpha value is -1.95. The van der Waals surface area contributed by atoms with Crippen LogP contribution in [-0.4, -0.2) is 33.9 Å². The second-order valence-electron chi connectivity index (χ2n) is 3.70. The minimum Gasteiger partial charge on any atom is -0.496 e. The van der Waals surface area contributed by atoms with E-state index in [1.807, 2.05) is 25.1 Å². The zero-order valence-electron chi connectivity index (χ0n) is 9.92. The van der Waals surface area contributed by atoms with E-state index < -0.39 is 0 Å². The number of nitrogens with zero attached hydrogens (tertiary/aromatic N) is 4. The van der Waals surface area contributed by atoms with E-state index in [1.165, 1.54) is 0 Å². The highest BCUT2D eigenvalue weighted by molar-refractivity contribution is 5.58. The molecular weight excluding hydrogens is 218 g/mol. The van der Waals surface area contributed by atoms with E-state index in [0.29, 0.717) is 13.1 Å². The van der Waals surface area contributed by atoms with E-state index in [-0.39, 0.29) is 0 Å². The van der Waals surface area contributed by atoms with Gasteiger partial charge in [0.25, 0.3) is 0 Å². The monoisotopic (exact) mass is 233 g/mol. The van der Waals surface area contributed by atoms with Crippen LogP contribution in [0.1, 0.15) is 5.56 Å². The summed E-state index contributed by atoms with van der Waals surface area (Å²) in [6, 6.07) is 5.84. The van der Waals surface area contributed by atoms with Gasteiger partial charge in [-0.2, -0.15) is 0 Å². The molecule has 0 radical (unpaired) electrons. The van der Waals surface area contributed by atoms with Crippen molar-refractivity contribution in [1.29, 1.82) is 0 Å². The highest BCUT2D eigenvalue weighted by Gasteiger charge is 2.09. The molecule has 0 atom stereocenters. The van der Waals surface area contributed by atoms with Gasteiger partial charge in [-0.15, -0.1) is 5.10 Å². The first kappa shape index (κ1) is 11.5. The number of nitrogens with two attached hydrogens (primary N) is 1. The third-order valence-corrected chi connectivity index (χ3v) is 2.53. The zero-order valence-corrected chi connectivity index (χ0v) is 9.92. The topological polar surface area (TPSA) is 78.9 Å². The van der Waals surface area contributed by atoms with Crippen molar-refractivity contribution in [3.05, 3.63) is 23.8 Å². The van der Waals surface area contributed by atoms with Gasteiger partial charge in [0, 0.05) is 12.1 Å². The lowest BCUT2D eigenvalue weighted by atomic mass is 10.1. The molecule has 0 amide bonds. The van der Waals surface area contributed by atoms with Gasteiger partial charge in [0.1, 0.15) is 5.75 Å². The van der Waals surface area contributed by atoms with Gasteiger partial charge in [-0.25, -0.2) is 4.68 Å². The Morgan fingerprint density at radius 2 is 2.24 bits per heavy atom. The van der Waals surface area contributed by atoms with Crippen molar-refractivity contribution in [2.75, 3.05) is 13.7 Å². The molecule has 0 aliphatic rings. The van der Waals surface area contributed by atoms with Crippen LogP contribution in [0, 0.1) is 6.92 Å². The van der Waals surface area contributed by atoms with Gasteiger partial charge in [0.15, 0.2) is 5.82 Å². The summed E-state index contributed by atoms with van der Waals surface area (Å²) in [6.07, 6.45) is 0. The fourth-order valence-electron chi connectivity index (χ4n) is 1.70. The number of ether oxygens (including phenoxy) is 1. The van der Waals surface area contributed by atoms with Gasteiger partial charge >= 0.3 is 0 Å². The standard InChI is InChI=1S/C11H15N5O/c1-8-7-9(3-4-10(8)17-2)11-13-14-15-16(11)6-5-12/h3-4,7H,5-6,12H2,1-2H3. The predicted molar refractivity (Wildman–Crippen MR) is 63.6 cm³/mol.